The van der Waals surface area contributed by atoms with Crippen LogP contribution in [0.15, 0.2) is 11.6 Å². The van der Waals surface area contributed by atoms with Gasteiger partial charge in [-0.25, -0.2) is 0 Å². The van der Waals surface area contributed by atoms with E-state index >= 15 is 0 Å². The molecule has 0 unspecified atom stereocenters. The first kappa shape index (κ1) is 15.1. The number of halogens is 1. The van der Waals surface area contributed by atoms with E-state index in [9.17, 15) is 9.59 Å². The number of hydrogen-bond acceptors (Lipinski definition) is 2. The van der Waals surface area contributed by atoms with Gasteiger partial charge in [0.1, 0.15) is 0 Å². The minimum absolute atomic E-state index is 0.0685. The summed E-state index contributed by atoms with van der Waals surface area (Å²) in [5.74, 6) is 2.65. The first-order chi connectivity index (χ1) is 10.4. The zero-order chi connectivity index (χ0) is 15.7. The predicted molar refractivity (Wildman–Crippen MR) is 89.8 cm³/mol. The quantitative estimate of drug-likeness (QED) is 0.594. The van der Waals surface area contributed by atoms with Gasteiger partial charge in [0.2, 0.25) is 0 Å². The van der Waals surface area contributed by atoms with E-state index in [1.54, 1.807) is 0 Å². The lowest BCUT2D eigenvalue weighted by molar-refractivity contribution is -0.132. The molecule has 120 valence electrons. The summed E-state index contributed by atoms with van der Waals surface area (Å²) in [6.07, 6.45) is 9.15. The van der Waals surface area contributed by atoms with Crippen molar-refractivity contribution in [3.8, 4) is 0 Å². The zero-order valence-corrected chi connectivity index (χ0v) is 15.1. The van der Waals surface area contributed by atoms with Crippen LogP contribution in [-0.2, 0) is 9.59 Å². The number of ketones is 2. The number of carbonyl (C=O) groups excluding carboxylic acids is 2. The molecule has 4 aliphatic rings. The Labute approximate surface area is 141 Å². The topological polar surface area (TPSA) is 34.1 Å². The molecule has 3 fully saturated rings. The number of allylic oxidation sites excluding steroid dienone is 1. The monoisotopic (exact) mass is 364 g/mol. The maximum atomic E-state index is 12.6. The van der Waals surface area contributed by atoms with Gasteiger partial charge in [0.05, 0.1) is 4.83 Å². The van der Waals surface area contributed by atoms with Crippen molar-refractivity contribution in [2.24, 2.45) is 28.6 Å². The normalized spacial score (nSPS) is 51.0. The maximum Gasteiger partial charge on any atom is 0.155 e. The number of hydrogen-bond donors (Lipinski definition) is 0. The lowest BCUT2D eigenvalue weighted by Crippen LogP contribution is -2.50. The number of rotatable bonds is 0. The highest BCUT2D eigenvalue weighted by Crippen LogP contribution is 2.64. The molecule has 0 aromatic carbocycles. The third kappa shape index (κ3) is 1.84. The zero-order valence-electron chi connectivity index (χ0n) is 13.5. The summed E-state index contributed by atoms with van der Waals surface area (Å²) in [5, 5.41) is 0. The molecule has 22 heavy (non-hydrogen) atoms. The third-order valence-corrected chi connectivity index (χ3v) is 8.45. The summed E-state index contributed by atoms with van der Waals surface area (Å²) < 4.78 is 0. The van der Waals surface area contributed by atoms with Gasteiger partial charge in [0.25, 0.3) is 0 Å². The molecule has 0 aromatic rings. The van der Waals surface area contributed by atoms with Gasteiger partial charge in [-0.15, -0.1) is 0 Å². The van der Waals surface area contributed by atoms with E-state index in [-0.39, 0.29) is 15.7 Å². The van der Waals surface area contributed by atoms with Crippen molar-refractivity contribution in [1.29, 1.82) is 0 Å². The molecule has 4 rings (SSSR count). The standard InChI is InChI=1S/C19H25BrO2/c1-18-7-5-12(21)9-11(18)3-4-13-14(18)6-8-19(2)15(13)10-16(20)17(19)22/h9,13-16H,3-8,10H2,1-2H3/t13-,14+,15+,16+,18+,19+/m1/s1. The molecule has 0 bridgehead atoms. The van der Waals surface area contributed by atoms with Gasteiger partial charge < -0.3 is 0 Å². The number of carbonyl (C=O) groups is 2. The summed E-state index contributed by atoms with van der Waals surface area (Å²) in [6, 6.07) is 0. The third-order valence-electron chi connectivity index (χ3n) is 7.66. The van der Waals surface area contributed by atoms with Gasteiger partial charge in [-0.1, -0.05) is 35.4 Å². The molecule has 6 atom stereocenters. The molecule has 0 amide bonds. The summed E-state index contributed by atoms with van der Waals surface area (Å²) in [4.78, 5) is 24.5. The largest absolute Gasteiger partial charge is 0.298 e. The van der Waals surface area contributed by atoms with E-state index in [2.05, 4.69) is 29.8 Å². The Hall–Kier alpha value is -0.440. The average Bonchev–Trinajstić information content (AvgIpc) is 2.72. The lowest BCUT2D eigenvalue weighted by Gasteiger charge is -2.56. The second-order valence-electron chi connectivity index (χ2n) is 8.49. The number of Topliss-reactive ketones (excluding diaryl/α,β-unsaturated/α-hetero) is 1. The van der Waals surface area contributed by atoms with Crippen LogP contribution < -0.4 is 0 Å². The number of alkyl halides is 1. The van der Waals surface area contributed by atoms with Crippen LogP contribution in [0.4, 0.5) is 0 Å². The Morgan fingerprint density at radius 2 is 1.82 bits per heavy atom. The van der Waals surface area contributed by atoms with Crippen LogP contribution >= 0.6 is 15.9 Å². The van der Waals surface area contributed by atoms with Gasteiger partial charge >= 0.3 is 0 Å². The highest BCUT2D eigenvalue weighted by atomic mass is 79.9. The Morgan fingerprint density at radius 3 is 2.59 bits per heavy atom. The fourth-order valence-electron chi connectivity index (χ4n) is 6.31. The van der Waals surface area contributed by atoms with Gasteiger partial charge in [0, 0.05) is 11.8 Å². The highest BCUT2D eigenvalue weighted by Gasteiger charge is 2.60. The predicted octanol–water partition coefficient (Wildman–Crippen LogP) is 4.46. The fraction of sp³-hybridized carbons (Fsp3) is 0.789. The summed E-state index contributed by atoms with van der Waals surface area (Å²) >= 11 is 3.63. The molecule has 0 heterocycles. The average molecular weight is 365 g/mol. The van der Waals surface area contributed by atoms with Crippen molar-refractivity contribution in [2.45, 2.75) is 63.6 Å². The molecule has 4 aliphatic carbocycles. The van der Waals surface area contributed by atoms with Crippen molar-refractivity contribution in [3.05, 3.63) is 11.6 Å². The van der Waals surface area contributed by atoms with Gasteiger partial charge in [-0.2, -0.15) is 0 Å². The van der Waals surface area contributed by atoms with Crippen molar-refractivity contribution < 1.29 is 9.59 Å². The molecule has 3 saturated carbocycles. The SMILES string of the molecule is C[C@]12CCC(=O)C=C1CC[C@@H]1[C@@H]2CC[C@]2(C)C(=O)[C@@H](Br)C[C@@H]12. The molecule has 0 radical (unpaired) electrons. The minimum atomic E-state index is -0.0998. The summed E-state index contributed by atoms with van der Waals surface area (Å²) in [7, 11) is 0. The van der Waals surface area contributed by atoms with E-state index in [1.807, 2.05) is 6.08 Å². The smallest absolute Gasteiger partial charge is 0.155 e. The van der Waals surface area contributed by atoms with E-state index in [1.165, 1.54) is 12.0 Å². The second-order valence-corrected chi connectivity index (χ2v) is 9.60. The van der Waals surface area contributed by atoms with Gasteiger partial charge in [0.15, 0.2) is 11.6 Å². The summed E-state index contributed by atoms with van der Waals surface area (Å²) in [5.41, 5.74) is 1.52. The Morgan fingerprint density at radius 1 is 1.05 bits per heavy atom. The molecular weight excluding hydrogens is 340 g/mol. The highest BCUT2D eigenvalue weighted by molar-refractivity contribution is 9.10. The van der Waals surface area contributed by atoms with Crippen LogP contribution in [0.25, 0.3) is 0 Å². The van der Waals surface area contributed by atoms with Gasteiger partial charge in [-0.05, 0) is 67.8 Å². The van der Waals surface area contributed by atoms with Crippen molar-refractivity contribution in [2.75, 3.05) is 0 Å². The van der Waals surface area contributed by atoms with Crippen molar-refractivity contribution in [3.63, 3.8) is 0 Å². The molecular formula is C19H25BrO2. The van der Waals surface area contributed by atoms with Crippen LogP contribution in [0.3, 0.4) is 0 Å². The minimum Gasteiger partial charge on any atom is -0.298 e. The number of fused-ring (bicyclic) bond motifs is 5. The van der Waals surface area contributed by atoms with E-state index < -0.39 is 0 Å². The van der Waals surface area contributed by atoms with Gasteiger partial charge in [-0.3, -0.25) is 9.59 Å². The molecule has 0 spiro atoms. The first-order valence-corrected chi connectivity index (χ1v) is 9.70. The molecule has 0 aliphatic heterocycles. The molecule has 0 saturated heterocycles. The van der Waals surface area contributed by atoms with Crippen LogP contribution in [-0.4, -0.2) is 16.4 Å². The molecule has 0 aromatic heterocycles. The maximum absolute atomic E-state index is 12.6. The van der Waals surface area contributed by atoms with Crippen LogP contribution in [0.5, 0.6) is 0 Å². The Balaban J connectivity index is 1.70. The molecule has 2 nitrogen and oxygen atoms in total. The molecule has 3 heteroatoms. The van der Waals surface area contributed by atoms with Crippen molar-refractivity contribution in [1.82, 2.24) is 0 Å². The van der Waals surface area contributed by atoms with E-state index in [0.717, 1.165) is 32.1 Å². The Bertz CT molecular complexity index is 580. The molecule has 0 N–H and O–H groups in total. The lowest BCUT2D eigenvalue weighted by atomic mass is 9.47. The fourth-order valence-corrected chi connectivity index (χ4v) is 7.23. The first-order valence-electron chi connectivity index (χ1n) is 8.78. The van der Waals surface area contributed by atoms with Crippen LogP contribution in [0.1, 0.15) is 58.8 Å². The second kappa shape index (κ2) is 4.78. The Kier molecular flexibility index (Phi) is 3.28. The van der Waals surface area contributed by atoms with E-state index in [0.29, 0.717) is 35.7 Å². The van der Waals surface area contributed by atoms with Crippen LogP contribution in [0.2, 0.25) is 0 Å². The van der Waals surface area contributed by atoms with E-state index in [4.69, 9.17) is 0 Å². The van der Waals surface area contributed by atoms with Crippen molar-refractivity contribution >= 4 is 27.5 Å². The van der Waals surface area contributed by atoms with Crippen LogP contribution in [0, 0.1) is 28.6 Å². The summed E-state index contributed by atoms with van der Waals surface area (Å²) in [6.45, 7) is 4.61.